The van der Waals surface area contributed by atoms with Gasteiger partial charge in [-0.15, -0.1) is 23.1 Å². The van der Waals surface area contributed by atoms with E-state index in [1.165, 1.54) is 11.3 Å². The van der Waals surface area contributed by atoms with Crippen LogP contribution in [-0.2, 0) is 4.79 Å². The van der Waals surface area contributed by atoms with Crippen LogP contribution in [0.2, 0.25) is 5.02 Å². The highest BCUT2D eigenvalue weighted by atomic mass is 35.5. The average Bonchev–Trinajstić information content (AvgIpc) is 3.35. The summed E-state index contributed by atoms with van der Waals surface area (Å²) in [6.45, 7) is 0. The Morgan fingerprint density at radius 1 is 1.24 bits per heavy atom. The van der Waals surface area contributed by atoms with Gasteiger partial charge in [-0.3, -0.25) is 4.79 Å². The van der Waals surface area contributed by atoms with Gasteiger partial charge >= 0.3 is 0 Å². The van der Waals surface area contributed by atoms with Crippen molar-refractivity contribution in [2.45, 2.75) is 11.3 Å². The number of hydrogen-bond donors (Lipinski definition) is 1. The Bertz CT molecular complexity index is 1140. The first-order valence-electron chi connectivity index (χ1n) is 8.82. The number of anilines is 1. The van der Waals surface area contributed by atoms with Crippen LogP contribution in [0.3, 0.4) is 0 Å². The number of thiazole rings is 1. The van der Waals surface area contributed by atoms with Crippen LogP contribution in [0.5, 0.6) is 5.75 Å². The summed E-state index contributed by atoms with van der Waals surface area (Å²) in [5.74, 6) is 2.00. The molecule has 0 atom stereocenters. The lowest BCUT2D eigenvalue weighted by Crippen LogP contribution is -2.11. The molecule has 0 saturated carbocycles. The van der Waals surface area contributed by atoms with Crippen molar-refractivity contribution >= 4 is 56.7 Å². The summed E-state index contributed by atoms with van der Waals surface area (Å²) in [5.41, 5.74) is 1.42. The lowest BCUT2D eigenvalue weighted by atomic mass is 10.2. The second-order valence-corrected chi connectivity index (χ2v) is 8.62. The van der Waals surface area contributed by atoms with E-state index in [2.05, 4.69) is 10.3 Å². The summed E-state index contributed by atoms with van der Waals surface area (Å²) < 4.78 is 11.1. The van der Waals surface area contributed by atoms with Crippen molar-refractivity contribution in [3.63, 3.8) is 0 Å². The zero-order chi connectivity index (χ0) is 20.2. The number of benzene rings is 2. The molecule has 5 nitrogen and oxygen atoms in total. The average molecular weight is 445 g/mol. The third kappa shape index (κ3) is 4.93. The molecule has 0 unspecified atom stereocenters. The molecule has 2 heterocycles. The smallest absolute Gasteiger partial charge is 0.226 e. The van der Waals surface area contributed by atoms with E-state index in [9.17, 15) is 4.79 Å². The number of aromatic nitrogens is 1. The van der Waals surface area contributed by atoms with Gasteiger partial charge in [0.2, 0.25) is 5.91 Å². The van der Waals surface area contributed by atoms with Gasteiger partial charge in [-0.2, -0.15) is 0 Å². The standard InChI is InChI=1S/C21H17ClN2O3S2/c1-26-15-5-2-13-10-19(27-18(13)11-15)17-12-29-21(23-17)24-20(25)8-9-28-16-6-3-14(22)4-7-16/h2-7,10-12H,8-9H2,1H3,(H,23,24,25). The molecule has 148 valence electrons. The molecule has 0 fully saturated rings. The number of furan rings is 1. The number of halogens is 1. The maximum Gasteiger partial charge on any atom is 0.226 e. The molecule has 0 saturated heterocycles. The van der Waals surface area contributed by atoms with Gasteiger partial charge in [-0.05, 0) is 42.5 Å². The number of ether oxygens (including phenoxy) is 1. The highest BCUT2D eigenvalue weighted by Crippen LogP contribution is 2.32. The first-order chi connectivity index (χ1) is 14.1. The van der Waals surface area contributed by atoms with Crippen molar-refractivity contribution in [1.82, 2.24) is 4.98 Å². The summed E-state index contributed by atoms with van der Waals surface area (Å²) in [6.07, 6.45) is 0.395. The molecule has 4 aromatic rings. The zero-order valence-corrected chi connectivity index (χ0v) is 17.9. The van der Waals surface area contributed by atoms with Gasteiger partial charge < -0.3 is 14.5 Å². The van der Waals surface area contributed by atoms with Crippen molar-refractivity contribution in [2.75, 3.05) is 18.2 Å². The maximum atomic E-state index is 12.2. The van der Waals surface area contributed by atoms with E-state index in [4.69, 9.17) is 20.8 Å². The van der Waals surface area contributed by atoms with Crippen LogP contribution in [0.25, 0.3) is 22.4 Å². The quantitative estimate of drug-likeness (QED) is 0.337. The number of amides is 1. The highest BCUT2D eigenvalue weighted by Gasteiger charge is 2.12. The minimum Gasteiger partial charge on any atom is -0.497 e. The Morgan fingerprint density at radius 2 is 2.07 bits per heavy atom. The van der Waals surface area contributed by atoms with Crippen molar-refractivity contribution < 1.29 is 13.9 Å². The summed E-state index contributed by atoms with van der Waals surface area (Å²) in [6, 6.07) is 15.2. The number of thioether (sulfide) groups is 1. The second-order valence-electron chi connectivity index (χ2n) is 6.15. The molecule has 0 radical (unpaired) electrons. The number of carbonyl (C=O) groups is 1. The third-order valence-electron chi connectivity index (χ3n) is 4.14. The number of carbonyl (C=O) groups excluding carboxylic acids is 1. The zero-order valence-electron chi connectivity index (χ0n) is 15.5. The van der Waals surface area contributed by atoms with Gasteiger partial charge in [0.05, 0.1) is 7.11 Å². The predicted molar refractivity (Wildman–Crippen MR) is 119 cm³/mol. The SMILES string of the molecule is COc1ccc2cc(-c3csc(NC(=O)CCSc4ccc(Cl)cc4)n3)oc2c1. The van der Waals surface area contributed by atoms with Gasteiger partial charge in [0, 0.05) is 38.9 Å². The number of nitrogens with one attached hydrogen (secondary N) is 1. The summed E-state index contributed by atoms with van der Waals surface area (Å²) in [7, 11) is 1.62. The normalized spacial score (nSPS) is 11.0. The molecule has 29 heavy (non-hydrogen) atoms. The first-order valence-corrected chi connectivity index (χ1v) is 11.1. The molecule has 0 aliphatic carbocycles. The van der Waals surface area contributed by atoms with Crippen LogP contribution in [0.15, 0.2) is 63.2 Å². The molecule has 4 rings (SSSR count). The number of hydrogen-bond acceptors (Lipinski definition) is 6. The van der Waals surface area contributed by atoms with E-state index in [1.807, 2.05) is 53.9 Å². The monoisotopic (exact) mass is 444 g/mol. The third-order valence-corrected chi connectivity index (χ3v) is 6.17. The minimum atomic E-state index is -0.0679. The van der Waals surface area contributed by atoms with Gasteiger partial charge in [0.15, 0.2) is 10.9 Å². The van der Waals surface area contributed by atoms with E-state index in [0.29, 0.717) is 33.8 Å². The van der Waals surface area contributed by atoms with E-state index < -0.39 is 0 Å². The fourth-order valence-electron chi connectivity index (χ4n) is 2.68. The summed E-state index contributed by atoms with van der Waals surface area (Å²) in [4.78, 5) is 17.8. The van der Waals surface area contributed by atoms with Crippen LogP contribution in [0.1, 0.15) is 6.42 Å². The first kappa shape index (κ1) is 19.8. The van der Waals surface area contributed by atoms with Crippen LogP contribution < -0.4 is 10.1 Å². The predicted octanol–water partition coefficient (Wildman–Crippen LogP) is 6.34. The summed E-state index contributed by atoms with van der Waals surface area (Å²) >= 11 is 8.86. The Kier molecular flexibility index (Phi) is 6.08. The van der Waals surface area contributed by atoms with Crippen LogP contribution in [0, 0.1) is 0 Å². The Hall–Kier alpha value is -2.48. The second kappa shape index (κ2) is 8.90. The van der Waals surface area contributed by atoms with Crippen LogP contribution in [0.4, 0.5) is 5.13 Å². The molecule has 2 aromatic heterocycles. The van der Waals surface area contributed by atoms with Crippen molar-refractivity contribution in [3.05, 3.63) is 58.9 Å². The lowest BCUT2D eigenvalue weighted by Gasteiger charge is -2.02. The minimum absolute atomic E-state index is 0.0679. The van der Waals surface area contributed by atoms with Crippen molar-refractivity contribution in [3.8, 4) is 17.2 Å². The fraction of sp³-hybridized carbons (Fsp3) is 0.143. The van der Waals surface area contributed by atoms with Gasteiger partial charge in [0.1, 0.15) is 17.0 Å². The molecule has 8 heteroatoms. The van der Waals surface area contributed by atoms with E-state index in [1.54, 1.807) is 18.9 Å². The molecule has 2 aromatic carbocycles. The van der Waals surface area contributed by atoms with Crippen molar-refractivity contribution in [2.24, 2.45) is 0 Å². The molecule has 1 N–H and O–H groups in total. The molecule has 0 spiro atoms. The molecular formula is C21H17ClN2O3S2. The van der Waals surface area contributed by atoms with E-state index >= 15 is 0 Å². The number of rotatable bonds is 7. The summed E-state index contributed by atoms with van der Waals surface area (Å²) in [5, 5.41) is 6.95. The molecule has 0 bridgehead atoms. The number of fused-ring (bicyclic) bond motifs is 1. The Balaban J connectivity index is 1.35. The number of nitrogens with zero attached hydrogens (tertiary/aromatic N) is 1. The molecular weight excluding hydrogens is 428 g/mol. The lowest BCUT2D eigenvalue weighted by molar-refractivity contribution is -0.115. The molecule has 0 aliphatic heterocycles. The van der Waals surface area contributed by atoms with Crippen LogP contribution in [-0.4, -0.2) is 23.8 Å². The van der Waals surface area contributed by atoms with Gasteiger partial charge in [-0.1, -0.05) is 11.6 Å². The maximum absolute atomic E-state index is 12.2. The number of methoxy groups -OCH3 is 1. The Labute approximate surface area is 181 Å². The van der Waals surface area contributed by atoms with Gasteiger partial charge in [0.25, 0.3) is 0 Å². The van der Waals surface area contributed by atoms with Crippen molar-refractivity contribution in [1.29, 1.82) is 0 Å². The topological polar surface area (TPSA) is 64.4 Å². The fourth-order valence-corrected chi connectivity index (χ4v) is 4.38. The van der Waals surface area contributed by atoms with Crippen LogP contribution >= 0.6 is 34.7 Å². The highest BCUT2D eigenvalue weighted by molar-refractivity contribution is 7.99. The largest absolute Gasteiger partial charge is 0.497 e. The Morgan fingerprint density at radius 3 is 2.86 bits per heavy atom. The molecule has 0 aliphatic rings. The van der Waals surface area contributed by atoms with E-state index in [0.717, 1.165) is 21.6 Å². The van der Waals surface area contributed by atoms with E-state index in [-0.39, 0.29) is 5.91 Å². The van der Waals surface area contributed by atoms with Gasteiger partial charge in [-0.25, -0.2) is 4.98 Å². The molecule has 1 amide bonds.